The summed E-state index contributed by atoms with van der Waals surface area (Å²) in [6.45, 7) is 2.27. The predicted octanol–water partition coefficient (Wildman–Crippen LogP) is 7.63. The van der Waals surface area contributed by atoms with Crippen molar-refractivity contribution in [1.82, 2.24) is 0 Å². The zero-order valence-electron chi connectivity index (χ0n) is 17.2. The van der Waals surface area contributed by atoms with Gasteiger partial charge in [-0.1, -0.05) is 107 Å². The fourth-order valence-corrected chi connectivity index (χ4v) is 3.36. The summed E-state index contributed by atoms with van der Waals surface area (Å²) in [5.41, 5.74) is 3.89. The summed E-state index contributed by atoms with van der Waals surface area (Å²) >= 11 is 0. The van der Waals surface area contributed by atoms with Crippen LogP contribution >= 0.6 is 0 Å². The van der Waals surface area contributed by atoms with E-state index >= 15 is 0 Å². The Hall–Kier alpha value is -2.35. The first kappa shape index (κ1) is 21.9. The number of benzene rings is 2. The molecule has 0 heterocycles. The van der Waals surface area contributed by atoms with Crippen LogP contribution in [0.4, 0.5) is 0 Å². The van der Waals surface area contributed by atoms with Crippen molar-refractivity contribution in [2.45, 2.75) is 71.1 Å². The lowest BCUT2D eigenvalue weighted by atomic mass is 10.0. The molecule has 0 spiro atoms. The molecule has 2 heteroatoms. The number of carboxylic acid groups (broad SMARTS) is 1. The maximum Gasteiger partial charge on any atom is 0.335 e. The molecule has 2 aromatic rings. The average Bonchev–Trinajstić information content (AvgIpc) is 2.72. The Morgan fingerprint density at radius 2 is 1.18 bits per heavy atom. The Morgan fingerprint density at radius 3 is 1.68 bits per heavy atom. The van der Waals surface area contributed by atoms with E-state index in [1.807, 2.05) is 18.2 Å². The minimum Gasteiger partial charge on any atom is -0.478 e. The molecule has 2 aromatic carbocycles. The molecular weight excluding hydrogens is 344 g/mol. The second-order valence-electron chi connectivity index (χ2n) is 7.58. The van der Waals surface area contributed by atoms with Crippen LogP contribution in [0.25, 0.3) is 12.2 Å². The minimum absolute atomic E-state index is 0.318. The summed E-state index contributed by atoms with van der Waals surface area (Å²) in [6, 6.07) is 15.7. The van der Waals surface area contributed by atoms with Crippen LogP contribution in [-0.2, 0) is 6.42 Å². The van der Waals surface area contributed by atoms with Gasteiger partial charge in [-0.05, 0) is 41.7 Å². The molecule has 0 amide bonds. The van der Waals surface area contributed by atoms with Crippen molar-refractivity contribution in [1.29, 1.82) is 0 Å². The molecule has 0 bridgehead atoms. The molecule has 0 radical (unpaired) electrons. The van der Waals surface area contributed by atoms with Crippen molar-refractivity contribution < 1.29 is 9.90 Å². The highest BCUT2D eigenvalue weighted by molar-refractivity contribution is 5.88. The molecule has 0 unspecified atom stereocenters. The molecule has 0 saturated carbocycles. The van der Waals surface area contributed by atoms with Gasteiger partial charge in [-0.15, -0.1) is 0 Å². The standard InChI is InChI=1S/C26H34O2/c1-2-3-4-5-6-7-8-9-10-11-22-12-14-23(15-13-22)16-17-24-18-20-25(21-19-24)26(27)28/h12-21H,2-11H2,1H3,(H,27,28)/b17-16+. The summed E-state index contributed by atoms with van der Waals surface area (Å²) in [7, 11) is 0. The van der Waals surface area contributed by atoms with Crippen LogP contribution in [0.2, 0.25) is 0 Å². The van der Waals surface area contributed by atoms with Gasteiger partial charge in [0.1, 0.15) is 0 Å². The SMILES string of the molecule is CCCCCCCCCCCc1ccc(/C=C/c2ccc(C(=O)O)cc2)cc1. The van der Waals surface area contributed by atoms with Gasteiger partial charge in [-0.25, -0.2) is 4.79 Å². The van der Waals surface area contributed by atoms with Crippen LogP contribution in [0.3, 0.4) is 0 Å². The van der Waals surface area contributed by atoms with E-state index in [1.165, 1.54) is 63.4 Å². The van der Waals surface area contributed by atoms with Gasteiger partial charge >= 0.3 is 5.97 Å². The largest absolute Gasteiger partial charge is 0.478 e. The predicted molar refractivity (Wildman–Crippen MR) is 120 cm³/mol. The van der Waals surface area contributed by atoms with E-state index in [9.17, 15) is 4.79 Å². The smallest absolute Gasteiger partial charge is 0.335 e. The molecule has 0 fully saturated rings. The van der Waals surface area contributed by atoms with Crippen molar-refractivity contribution in [3.8, 4) is 0 Å². The zero-order valence-corrected chi connectivity index (χ0v) is 17.2. The number of hydrogen-bond acceptors (Lipinski definition) is 1. The van der Waals surface area contributed by atoms with Crippen molar-refractivity contribution in [3.05, 3.63) is 70.8 Å². The number of carboxylic acids is 1. The van der Waals surface area contributed by atoms with Crippen LogP contribution in [-0.4, -0.2) is 11.1 Å². The number of aromatic carboxylic acids is 1. The van der Waals surface area contributed by atoms with E-state index in [2.05, 4.69) is 37.3 Å². The second kappa shape index (κ2) is 12.9. The van der Waals surface area contributed by atoms with Crippen molar-refractivity contribution in [2.75, 3.05) is 0 Å². The lowest BCUT2D eigenvalue weighted by molar-refractivity contribution is 0.0697. The molecule has 28 heavy (non-hydrogen) atoms. The molecule has 2 nitrogen and oxygen atoms in total. The number of hydrogen-bond donors (Lipinski definition) is 1. The Morgan fingerprint density at radius 1 is 0.714 bits per heavy atom. The third-order valence-electron chi connectivity index (χ3n) is 5.17. The van der Waals surface area contributed by atoms with Crippen LogP contribution in [0.1, 0.15) is 91.8 Å². The molecule has 0 aliphatic rings. The third kappa shape index (κ3) is 8.56. The lowest BCUT2D eigenvalue weighted by Gasteiger charge is -2.04. The summed E-state index contributed by atoms with van der Waals surface area (Å²) < 4.78 is 0. The topological polar surface area (TPSA) is 37.3 Å². The highest BCUT2D eigenvalue weighted by Crippen LogP contribution is 2.14. The number of carbonyl (C=O) groups is 1. The highest BCUT2D eigenvalue weighted by atomic mass is 16.4. The number of unbranched alkanes of at least 4 members (excludes halogenated alkanes) is 8. The quantitative estimate of drug-likeness (QED) is 0.287. The lowest BCUT2D eigenvalue weighted by Crippen LogP contribution is -1.94. The van der Waals surface area contributed by atoms with E-state index in [0.29, 0.717) is 5.56 Å². The van der Waals surface area contributed by atoms with Gasteiger partial charge in [0.05, 0.1) is 5.56 Å². The van der Waals surface area contributed by atoms with E-state index in [1.54, 1.807) is 12.1 Å². The van der Waals surface area contributed by atoms with Crippen molar-refractivity contribution in [2.24, 2.45) is 0 Å². The Balaban J connectivity index is 1.66. The maximum atomic E-state index is 10.9. The second-order valence-corrected chi connectivity index (χ2v) is 7.58. The molecule has 0 aliphatic carbocycles. The molecule has 0 aromatic heterocycles. The first-order valence-corrected chi connectivity index (χ1v) is 10.8. The van der Waals surface area contributed by atoms with Crippen LogP contribution in [0, 0.1) is 0 Å². The summed E-state index contributed by atoms with van der Waals surface area (Å²) in [5, 5.41) is 8.94. The van der Waals surface area contributed by atoms with Crippen molar-refractivity contribution in [3.63, 3.8) is 0 Å². The van der Waals surface area contributed by atoms with Crippen LogP contribution < -0.4 is 0 Å². The van der Waals surface area contributed by atoms with E-state index in [0.717, 1.165) is 17.5 Å². The third-order valence-corrected chi connectivity index (χ3v) is 5.17. The first-order chi connectivity index (χ1) is 13.7. The van der Waals surface area contributed by atoms with E-state index < -0.39 is 5.97 Å². The Labute approximate surface area is 170 Å². The van der Waals surface area contributed by atoms with E-state index in [4.69, 9.17) is 5.11 Å². The molecule has 0 aliphatic heterocycles. The van der Waals surface area contributed by atoms with Gasteiger partial charge in [0.15, 0.2) is 0 Å². The molecule has 150 valence electrons. The number of rotatable bonds is 13. The molecule has 0 saturated heterocycles. The summed E-state index contributed by atoms with van der Waals surface area (Å²) in [5.74, 6) is -0.891. The van der Waals surface area contributed by atoms with Crippen molar-refractivity contribution >= 4 is 18.1 Å². The maximum absolute atomic E-state index is 10.9. The van der Waals surface area contributed by atoms with Gasteiger partial charge in [0.2, 0.25) is 0 Å². The zero-order chi connectivity index (χ0) is 20.0. The molecular formula is C26H34O2. The summed E-state index contributed by atoms with van der Waals surface area (Å²) in [4.78, 5) is 10.9. The fourth-order valence-electron chi connectivity index (χ4n) is 3.36. The van der Waals surface area contributed by atoms with Gasteiger partial charge < -0.3 is 5.11 Å². The van der Waals surface area contributed by atoms with Crippen LogP contribution in [0.5, 0.6) is 0 Å². The summed E-state index contributed by atoms with van der Waals surface area (Å²) in [6.07, 6.45) is 17.6. The van der Waals surface area contributed by atoms with Gasteiger partial charge in [-0.3, -0.25) is 0 Å². The fraction of sp³-hybridized carbons (Fsp3) is 0.423. The van der Waals surface area contributed by atoms with Gasteiger partial charge in [0, 0.05) is 0 Å². The minimum atomic E-state index is -0.891. The molecule has 0 atom stereocenters. The average molecular weight is 379 g/mol. The monoisotopic (exact) mass is 378 g/mol. The van der Waals surface area contributed by atoms with Crippen LogP contribution in [0.15, 0.2) is 48.5 Å². The highest BCUT2D eigenvalue weighted by Gasteiger charge is 2.00. The Kier molecular flexibility index (Phi) is 10.1. The molecule has 2 rings (SSSR count). The van der Waals surface area contributed by atoms with Gasteiger partial charge in [-0.2, -0.15) is 0 Å². The number of aryl methyl sites for hydroxylation is 1. The normalized spacial score (nSPS) is 11.2. The van der Waals surface area contributed by atoms with Gasteiger partial charge in [0.25, 0.3) is 0 Å². The molecule has 1 N–H and O–H groups in total. The van der Waals surface area contributed by atoms with E-state index in [-0.39, 0.29) is 0 Å². The first-order valence-electron chi connectivity index (χ1n) is 10.8. The Bertz CT molecular complexity index is 711.